The number of rotatable bonds is 10. The number of allylic oxidation sites excluding steroid dienone is 2. The van der Waals surface area contributed by atoms with E-state index in [0.717, 1.165) is 25.3 Å². The number of carbonyl (C=O) groups excluding carboxylic acids is 1. The van der Waals surface area contributed by atoms with Crippen LogP contribution in [0.5, 0.6) is 0 Å². The lowest BCUT2D eigenvalue weighted by atomic mass is 10.1. The van der Waals surface area contributed by atoms with Crippen molar-refractivity contribution in [1.29, 1.82) is 0 Å². The lowest BCUT2D eigenvalue weighted by molar-refractivity contribution is -0.123. The molecule has 5 heteroatoms. The van der Waals surface area contributed by atoms with Crippen LogP contribution in [0.2, 0.25) is 0 Å². The number of unbranched alkanes of at least 4 members (excludes halogenated alkanes) is 7. The highest BCUT2D eigenvalue weighted by atomic mass is 19.4. The van der Waals surface area contributed by atoms with Crippen LogP contribution in [0.1, 0.15) is 68.6 Å². The van der Waals surface area contributed by atoms with Crippen LogP contribution >= 0.6 is 0 Å². The summed E-state index contributed by atoms with van der Waals surface area (Å²) in [6.07, 6.45) is 3.81. The van der Waals surface area contributed by atoms with E-state index < -0.39 is 17.9 Å². The van der Waals surface area contributed by atoms with Gasteiger partial charge in [0.25, 0.3) is 0 Å². The Bertz CT molecular complexity index is 507. The summed E-state index contributed by atoms with van der Waals surface area (Å²) in [6.45, 7) is 2.14. The first-order chi connectivity index (χ1) is 11.4. The van der Waals surface area contributed by atoms with Crippen molar-refractivity contribution in [2.45, 2.75) is 64.5 Å². The second-order valence-electron chi connectivity index (χ2n) is 5.73. The Labute approximate surface area is 141 Å². The molecule has 0 heterocycles. The second kappa shape index (κ2) is 10.9. The smallest absolute Gasteiger partial charge is 0.418 e. The Morgan fingerprint density at radius 3 is 2.17 bits per heavy atom. The van der Waals surface area contributed by atoms with Crippen LogP contribution in [0.25, 0.3) is 0 Å². The molecule has 0 bridgehead atoms. The average Bonchev–Trinajstić information content (AvgIpc) is 2.55. The molecule has 0 saturated carbocycles. The van der Waals surface area contributed by atoms with Gasteiger partial charge in [0.15, 0.2) is 0 Å². The Hall–Kier alpha value is -1.78. The van der Waals surface area contributed by atoms with Crippen molar-refractivity contribution < 1.29 is 22.7 Å². The van der Waals surface area contributed by atoms with Crippen molar-refractivity contribution in [2.75, 3.05) is 0 Å². The molecular formula is C19H25F3O2. The minimum absolute atomic E-state index is 0.101. The number of hydrogen-bond acceptors (Lipinski definition) is 2. The second-order valence-corrected chi connectivity index (χ2v) is 5.73. The molecule has 0 atom stereocenters. The molecule has 0 radical (unpaired) electrons. The molecule has 0 spiro atoms. The number of ether oxygens (including phenoxy) is 1. The maximum Gasteiger partial charge on any atom is 0.449 e. The summed E-state index contributed by atoms with van der Waals surface area (Å²) in [4.78, 5) is 11.8. The monoisotopic (exact) mass is 342 g/mol. The zero-order chi connectivity index (χ0) is 17.8. The Balaban J connectivity index is 2.46. The molecule has 2 nitrogen and oxygen atoms in total. The Morgan fingerprint density at radius 1 is 1.00 bits per heavy atom. The minimum atomic E-state index is -4.66. The first-order valence-corrected chi connectivity index (χ1v) is 8.49. The van der Waals surface area contributed by atoms with E-state index in [1.54, 1.807) is 18.2 Å². The van der Waals surface area contributed by atoms with Crippen LogP contribution in [-0.4, -0.2) is 12.1 Å². The Kier molecular flexibility index (Phi) is 9.20. The Morgan fingerprint density at radius 2 is 1.58 bits per heavy atom. The van der Waals surface area contributed by atoms with E-state index in [1.165, 1.54) is 31.4 Å². The minimum Gasteiger partial charge on any atom is -0.418 e. The van der Waals surface area contributed by atoms with Crippen LogP contribution in [0.4, 0.5) is 13.2 Å². The van der Waals surface area contributed by atoms with E-state index in [-0.39, 0.29) is 12.0 Å². The van der Waals surface area contributed by atoms with Gasteiger partial charge in [-0.05, 0) is 31.1 Å². The molecule has 0 unspecified atom stereocenters. The summed E-state index contributed by atoms with van der Waals surface area (Å²) >= 11 is 0. The molecule has 0 amide bonds. The molecule has 0 saturated heterocycles. The number of carbonyl (C=O) groups is 1. The van der Waals surface area contributed by atoms with Crippen molar-refractivity contribution >= 4 is 5.97 Å². The normalized spacial score (nSPS) is 12.2. The highest BCUT2D eigenvalue weighted by molar-refractivity contribution is 5.90. The van der Waals surface area contributed by atoms with Gasteiger partial charge in [-0.25, -0.2) is 4.79 Å². The lowest BCUT2D eigenvalue weighted by Crippen LogP contribution is -2.18. The molecular weight excluding hydrogens is 317 g/mol. The standard InChI is InChI=1S/C19H25F3O2/c1-2-3-4-5-6-7-8-12-15-17(19(20,21)22)24-18(23)16-13-10-9-11-14-16/h9-11,13-15H,2-8,12H2,1H3. The third-order valence-electron chi connectivity index (χ3n) is 3.63. The van der Waals surface area contributed by atoms with Crippen molar-refractivity contribution in [3.05, 3.63) is 47.7 Å². The molecule has 0 fully saturated rings. The van der Waals surface area contributed by atoms with Crippen LogP contribution < -0.4 is 0 Å². The molecule has 0 aliphatic heterocycles. The third-order valence-corrected chi connectivity index (χ3v) is 3.63. The number of hydrogen-bond donors (Lipinski definition) is 0. The number of esters is 1. The van der Waals surface area contributed by atoms with Gasteiger partial charge in [-0.1, -0.05) is 63.6 Å². The molecule has 24 heavy (non-hydrogen) atoms. The zero-order valence-corrected chi connectivity index (χ0v) is 14.1. The van der Waals surface area contributed by atoms with Crippen LogP contribution in [0.3, 0.4) is 0 Å². The van der Waals surface area contributed by atoms with Gasteiger partial charge < -0.3 is 4.74 Å². The van der Waals surface area contributed by atoms with E-state index in [0.29, 0.717) is 6.42 Å². The SMILES string of the molecule is CCCCCCCCCC=C(OC(=O)c1ccccc1)C(F)(F)F. The van der Waals surface area contributed by atoms with Crippen molar-refractivity contribution in [1.82, 2.24) is 0 Å². The van der Waals surface area contributed by atoms with Gasteiger partial charge in [0.2, 0.25) is 5.76 Å². The molecule has 134 valence electrons. The van der Waals surface area contributed by atoms with Crippen molar-refractivity contribution in [3.8, 4) is 0 Å². The van der Waals surface area contributed by atoms with Crippen molar-refractivity contribution in [2.24, 2.45) is 0 Å². The van der Waals surface area contributed by atoms with E-state index in [4.69, 9.17) is 0 Å². The lowest BCUT2D eigenvalue weighted by Gasteiger charge is -2.12. The molecule has 0 aliphatic rings. The van der Waals surface area contributed by atoms with E-state index in [9.17, 15) is 18.0 Å². The van der Waals surface area contributed by atoms with Gasteiger partial charge in [0.1, 0.15) is 0 Å². The fourth-order valence-electron chi connectivity index (χ4n) is 2.28. The van der Waals surface area contributed by atoms with Crippen LogP contribution in [0.15, 0.2) is 42.2 Å². The molecule has 1 aromatic carbocycles. The quantitative estimate of drug-likeness (QED) is 0.278. The van der Waals surface area contributed by atoms with Crippen LogP contribution in [0, 0.1) is 0 Å². The molecule has 1 aromatic rings. The highest BCUT2D eigenvalue weighted by Crippen LogP contribution is 2.28. The first kappa shape index (κ1) is 20.3. The topological polar surface area (TPSA) is 26.3 Å². The number of benzene rings is 1. The first-order valence-electron chi connectivity index (χ1n) is 8.49. The largest absolute Gasteiger partial charge is 0.449 e. The summed E-state index contributed by atoms with van der Waals surface area (Å²) in [6, 6.07) is 7.68. The summed E-state index contributed by atoms with van der Waals surface area (Å²) < 4.78 is 43.5. The van der Waals surface area contributed by atoms with E-state index in [1.807, 2.05) is 0 Å². The summed E-state index contributed by atoms with van der Waals surface area (Å²) in [5.74, 6) is -2.21. The van der Waals surface area contributed by atoms with Gasteiger partial charge in [-0.15, -0.1) is 0 Å². The molecule has 0 aliphatic carbocycles. The average molecular weight is 342 g/mol. The fourth-order valence-corrected chi connectivity index (χ4v) is 2.28. The van der Waals surface area contributed by atoms with Gasteiger partial charge in [-0.2, -0.15) is 13.2 Å². The zero-order valence-electron chi connectivity index (χ0n) is 14.1. The van der Waals surface area contributed by atoms with E-state index in [2.05, 4.69) is 11.7 Å². The molecule has 1 rings (SSSR count). The predicted molar refractivity (Wildman–Crippen MR) is 88.6 cm³/mol. The fraction of sp³-hybridized carbons (Fsp3) is 0.526. The van der Waals surface area contributed by atoms with Crippen molar-refractivity contribution in [3.63, 3.8) is 0 Å². The van der Waals surface area contributed by atoms with Gasteiger partial charge >= 0.3 is 12.1 Å². The maximum absolute atomic E-state index is 13.0. The predicted octanol–water partition coefficient (Wildman–Crippen LogP) is 6.43. The van der Waals surface area contributed by atoms with Crippen LogP contribution in [-0.2, 0) is 4.74 Å². The molecule has 0 aromatic heterocycles. The van der Waals surface area contributed by atoms with Gasteiger partial charge in [0.05, 0.1) is 5.56 Å². The number of alkyl halides is 3. The maximum atomic E-state index is 13.0. The summed E-state index contributed by atoms with van der Waals surface area (Å²) in [5.41, 5.74) is 0.101. The third kappa shape index (κ3) is 8.18. The summed E-state index contributed by atoms with van der Waals surface area (Å²) in [7, 11) is 0. The highest BCUT2D eigenvalue weighted by Gasteiger charge is 2.37. The van der Waals surface area contributed by atoms with Gasteiger partial charge in [0, 0.05) is 0 Å². The number of halogens is 3. The summed E-state index contributed by atoms with van der Waals surface area (Å²) in [5, 5.41) is 0. The molecule has 0 N–H and O–H groups in total. The van der Waals surface area contributed by atoms with E-state index >= 15 is 0 Å². The van der Waals surface area contributed by atoms with Gasteiger partial charge in [-0.3, -0.25) is 0 Å².